The van der Waals surface area contributed by atoms with Crippen LogP contribution in [0.3, 0.4) is 0 Å². The lowest BCUT2D eigenvalue weighted by Gasteiger charge is -2.49. The van der Waals surface area contributed by atoms with Crippen molar-refractivity contribution < 1.29 is 9.59 Å². The molecule has 4 heteroatoms. The molecular formula is C17H28N2O2. The van der Waals surface area contributed by atoms with Gasteiger partial charge < -0.3 is 10.2 Å². The van der Waals surface area contributed by atoms with Crippen molar-refractivity contribution in [3.63, 3.8) is 0 Å². The van der Waals surface area contributed by atoms with Gasteiger partial charge in [-0.25, -0.2) is 0 Å². The summed E-state index contributed by atoms with van der Waals surface area (Å²) in [5.41, 5.74) is -0.697. The van der Waals surface area contributed by atoms with Gasteiger partial charge in [-0.05, 0) is 45.4 Å². The van der Waals surface area contributed by atoms with E-state index < -0.39 is 5.54 Å². The minimum Gasteiger partial charge on any atom is -0.342 e. The summed E-state index contributed by atoms with van der Waals surface area (Å²) in [7, 11) is 0. The molecule has 3 rings (SSSR count). The van der Waals surface area contributed by atoms with Gasteiger partial charge in [0.05, 0.1) is 0 Å². The highest BCUT2D eigenvalue weighted by molar-refractivity contribution is 5.99. The van der Waals surface area contributed by atoms with Gasteiger partial charge in [0.2, 0.25) is 11.8 Å². The van der Waals surface area contributed by atoms with E-state index in [1.807, 2.05) is 18.7 Å². The highest BCUT2D eigenvalue weighted by Gasteiger charge is 2.51. The second-order valence-corrected chi connectivity index (χ2v) is 7.55. The zero-order valence-electron chi connectivity index (χ0n) is 13.4. The molecule has 0 bridgehead atoms. The summed E-state index contributed by atoms with van der Waals surface area (Å²) in [4.78, 5) is 27.6. The second kappa shape index (κ2) is 5.62. The summed E-state index contributed by atoms with van der Waals surface area (Å²) >= 11 is 0. The summed E-state index contributed by atoms with van der Waals surface area (Å²) < 4.78 is 0. The van der Waals surface area contributed by atoms with Gasteiger partial charge in [-0.1, -0.05) is 32.1 Å². The van der Waals surface area contributed by atoms with Gasteiger partial charge in [0, 0.05) is 6.04 Å². The Labute approximate surface area is 127 Å². The largest absolute Gasteiger partial charge is 0.342 e. The first-order valence-corrected chi connectivity index (χ1v) is 8.66. The van der Waals surface area contributed by atoms with Crippen molar-refractivity contribution in [3.05, 3.63) is 0 Å². The normalized spacial score (nSPS) is 31.5. The van der Waals surface area contributed by atoms with Gasteiger partial charge in [0.15, 0.2) is 0 Å². The zero-order chi connectivity index (χ0) is 15.0. The standard InChI is InChI=1S/C17H28N2O2/c1-17(2)16(21)18-14(12-8-4-3-5-9-12)15(20)19(17)13-10-6-7-11-13/h12-14H,3-11H2,1-2H3,(H,18,21). The number of carbonyl (C=O) groups is 2. The molecule has 0 aromatic heterocycles. The first-order valence-electron chi connectivity index (χ1n) is 8.66. The van der Waals surface area contributed by atoms with Crippen LogP contribution < -0.4 is 5.32 Å². The first-order chi connectivity index (χ1) is 10.0. The molecule has 0 aromatic carbocycles. The maximum Gasteiger partial charge on any atom is 0.246 e. The van der Waals surface area contributed by atoms with Crippen molar-refractivity contribution in [1.82, 2.24) is 10.2 Å². The molecule has 0 aromatic rings. The topological polar surface area (TPSA) is 49.4 Å². The van der Waals surface area contributed by atoms with Crippen LogP contribution in [0.5, 0.6) is 0 Å². The van der Waals surface area contributed by atoms with Crippen molar-refractivity contribution in [1.29, 1.82) is 0 Å². The summed E-state index contributed by atoms with van der Waals surface area (Å²) in [6, 6.07) is -0.00364. The number of rotatable bonds is 2. The molecule has 21 heavy (non-hydrogen) atoms. The van der Waals surface area contributed by atoms with E-state index >= 15 is 0 Å². The molecule has 118 valence electrons. The third-order valence-electron chi connectivity index (χ3n) is 5.76. The van der Waals surface area contributed by atoms with Gasteiger partial charge in [0.25, 0.3) is 0 Å². The minimum absolute atomic E-state index is 0.0320. The zero-order valence-corrected chi connectivity index (χ0v) is 13.4. The lowest BCUT2D eigenvalue weighted by atomic mass is 9.80. The van der Waals surface area contributed by atoms with Crippen molar-refractivity contribution in [2.45, 2.75) is 89.3 Å². The molecule has 0 radical (unpaired) electrons. The number of hydrogen-bond donors (Lipinski definition) is 1. The Morgan fingerprint density at radius 2 is 1.52 bits per heavy atom. The van der Waals surface area contributed by atoms with Crippen LogP contribution in [0.2, 0.25) is 0 Å². The highest BCUT2D eigenvalue weighted by atomic mass is 16.2. The lowest BCUT2D eigenvalue weighted by molar-refractivity contribution is -0.160. The van der Waals surface area contributed by atoms with Crippen LogP contribution in [-0.2, 0) is 9.59 Å². The maximum atomic E-state index is 13.1. The van der Waals surface area contributed by atoms with Gasteiger partial charge >= 0.3 is 0 Å². The van der Waals surface area contributed by atoms with Crippen LogP contribution in [0, 0.1) is 5.92 Å². The van der Waals surface area contributed by atoms with E-state index in [0.717, 1.165) is 25.7 Å². The van der Waals surface area contributed by atoms with E-state index in [4.69, 9.17) is 0 Å². The smallest absolute Gasteiger partial charge is 0.246 e. The molecular weight excluding hydrogens is 264 g/mol. The fraction of sp³-hybridized carbons (Fsp3) is 0.882. The SMILES string of the molecule is CC1(C)C(=O)NC(C2CCCCC2)C(=O)N1C1CCCC1. The Bertz CT molecular complexity index is 421. The van der Waals surface area contributed by atoms with Crippen LogP contribution >= 0.6 is 0 Å². The molecule has 1 atom stereocenters. The average Bonchev–Trinajstić information content (AvgIpc) is 2.97. The van der Waals surface area contributed by atoms with Crippen LogP contribution in [0.15, 0.2) is 0 Å². The molecule has 2 saturated carbocycles. The highest BCUT2D eigenvalue weighted by Crippen LogP contribution is 2.36. The first kappa shape index (κ1) is 14.9. The van der Waals surface area contributed by atoms with Crippen LogP contribution in [0.25, 0.3) is 0 Å². The van der Waals surface area contributed by atoms with Crippen molar-refractivity contribution in [2.75, 3.05) is 0 Å². The Balaban J connectivity index is 1.84. The molecule has 1 saturated heterocycles. The monoisotopic (exact) mass is 292 g/mol. The van der Waals surface area contributed by atoms with E-state index in [2.05, 4.69) is 5.32 Å². The van der Waals surface area contributed by atoms with E-state index in [-0.39, 0.29) is 23.9 Å². The third-order valence-corrected chi connectivity index (χ3v) is 5.76. The van der Waals surface area contributed by atoms with Crippen LogP contribution in [-0.4, -0.2) is 34.3 Å². The number of hydrogen-bond acceptors (Lipinski definition) is 2. The number of nitrogens with one attached hydrogen (secondary N) is 1. The molecule has 4 nitrogen and oxygen atoms in total. The van der Waals surface area contributed by atoms with E-state index in [0.29, 0.717) is 5.92 Å². The molecule has 1 aliphatic heterocycles. The number of carbonyl (C=O) groups excluding carboxylic acids is 2. The summed E-state index contributed by atoms with van der Waals surface area (Å²) in [5, 5.41) is 3.05. The van der Waals surface area contributed by atoms with Crippen molar-refractivity contribution >= 4 is 11.8 Å². The van der Waals surface area contributed by atoms with Gasteiger partial charge in [-0.15, -0.1) is 0 Å². The molecule has 3 fully saturated rings. The summed E-state index contributed by atoms with van der Waals surface area (Å²) in [6.07, 6.45) is 10.3. The van der Waals surface area contributed by atoms with E-state index in [9.17, 15) is 9.59 Å². The molecule has 2 amide bonds. The summed E-state index contributed by atoms with van der Waals surface area (Å²) in [6.45, 7) is 3.80. The number of nitrogens with zero attached hydrogens (tertiary/aromatic N) is 1. The fourth-order valence-corrected chi connectivity index (χ4v) is 4.50. The predicted molar refractivity (Wildman–Crippen MR) is 81.7 cm³/mol. The maximum absolute atomic E-state index is 13.1. The number of piperazine rings is 1. The molecule has 1 N–H and O–H groups in total. The molecule has 0 spiro atoms. The van der Waals surface area contributed by atoms with E-state index in [1.54, 1.807) is 0 Å². The average molecular weight is 292 g/mol. The summed E-state index contributed by atoms with van der Waals surface area (Å²) in [5.74, 6) is 0.554. The van der Waals surface area contributed by atoms with Crippen molar-refractivity contribution in [3.8, 4) is 0 Å². The Morgan fingerprint density at radius 1 is 0.952 bits per heavy atom. The number of amides is 2. The molecule has 1 unspecified atom stereocenters. The quantitative estimate of drug-likeness (QED) is 0.850. The van der Waals surface area contributed by atoms with Crippen LogP contribution in [0.1, 0.15) is 71.6 Å². The molecule has 1 heterocycles. The van der Waals surface area contributed by atoms with Gasteiger partial charge in [-0.3, -0.25) is 9.59 Å². The van der Waals surface area contributed by atoms with Crippen LogP contribution in [0.4, 0.5) is 0 Å². The lowest BCUT2D eigenvalue weighted by Crippen LogP contribution is -2.71. The van der Waals surface area contributed by atoms with E-state index in [1.165, 1.54) is 32.1 Å². The Hall–Kier alpha value is -1.06. The fourth-order valence-electron chi connectivity index (χ4n) is 4.50. The third kappa shape index (κ3) is 2.58. The predicted octanol–water partition coefficient (Wildman–Crippen LogP) is 2.61. The van der Waals surface area contributed by atoms with Gasteiger partial charge in [-0.2, -0.15) is 0 Å². The Kier molecular flexibility index (Phi) is 3.98. The minimum atomic E-state index is -0.697. The van der Waals surface area contributed by atoms with Crippen molar-refractivity contribution in [2.24, 2.45) is 5.92 Å². The molecule has 3 aliphatic rings. The Morgan fingerprint density at radius 3 is 2.14 bits per heavy atom. The second-order valence-electron chi connectivity index (χ2n) is 7.55. The molecule has 2 aliphatic carbocycles. The van der Waals surface area contributed by atoms with Gasteiger partial charge in [0.1, 0.15) is 11.6 Å².